The molecule has 0 bridgehead atoms. The molecule has 1 aromatic heterocycles. The predicted molar refractivity (Wildman–Crippen MR) is 133 cm³/mol. The molecule has 0 unspecified atom stereocenters. The molecule has 0 saturated carbocycles. The standard InChI is InChI=1S/C27H27ClN2O3/c1-3-9-20-14-15-25(26(18-20)31-2)32-17-8-16-30-23-12-6-5-11-22(23)29-27(30)19-33-24-13-7-4-10-21(24)28/h3-7,10-15,18H,1,8-9,16-17,19H2,2H3. The second-order valence-corrected chi connectivity index (χ2v) is 7.97. The van der Waals surface area contributed by atoms with E-state index in [1.807, 2.05) is 66.7 Å². The molecular formula is C27H27ClN2O3. The van der Waals surface area contributed by atoms with Crippen LogP contribution in [-0.2, 0) is 19.6 Å². The van der Waals surface area contributed by atoms with Gasteiger partial charge in [0.15, 0.2) is 11.5 Å². The van der Waals surface area contributed by atoms with Gasteiger partial charge in [0.1, 0.15) is 18.2 Å². The third kappa shape index (κ3) is 5.49. The van der Waals surface area contributed by atoms with Crippen molar-refractivity contribution in [2.75, 3.05) is 13.7 Å². The molecule has 0 aliphatic heterocycles. The first-order valence-corrected chi connectivity index (χ1v) is 11.3. The highest BCUT2D eigenvalue weighted by Gasteiger charge is 2.12. The van der Waals surface area contributed by atoms with Crippen molar-refractivity contribution in [2.24, 2.45) is 0 Å². The number of ether oxygens (including phenoxy) is 3. The fraction of sp³-hybridized carbons (Fsp3) is 0.222. The summed E-state index contributed by atoms with van der Waals surface area (Å²) in [5.41, 5.74) is 3.15. The van der Waals surface area contributed by atoms with Gasteiger partial charge in [-0.1, -0.05) is 48.0 Å². The Morgan fingerprint density at radius 3 is 2.61 bits per heavy atom. The molecule has 0 radical (unpaired) electrons. The van der Waals surface area contributed by atoms with E-state index in [1.54, 1.807) is 7.11 Å². The van der Waals surface area contributed by atoms with E-state index in [-0.39, 0.29) is 0 Å². The zero-order chi connectivity index (χ0) is 23.0. The predicted octanol–water partition coefficient (Wildman–Crippen LogP) is 6.47. The van der Waals surface area contributed by atoms with Crippen LogP contribution >= 0.6 is 11.6 Å². The maximum absolute atomic E-state index is 6.24. The Bertz CT molecular complexity index is 1240. The molecular weight excluding hydrogens is 436 g/mol. The van der Waals surface area contributed by atoms with Crippen LogP contribution in [0.1, 0.15) is 17.8 Å². The van der Waals surface area contributed by atoms with E-state index in [1.165, 1.54) is 0 Å². The van der Waals surface area contributed by atoms with Crippen LogP contribution in [0.3, 0.4) is 0 Å². The average molecular weight is 463 g/mol. The van der Waals surface area contributed by atoms with E-state index in [0.717, 1.165) is 53.3 Å². The Morgan fingerprint density at radius 1 is 0.970 bits per heavy atom. The van der Waals surface area contributed by atoms with Gasteiger partial charge in [0.05, 0.1) is 29.8 Å². The summed E-state index contributed by atoms with van der Waals surface area (Å²) in [6, 6.07) is 21.5. The van der Waals surface area contributed by atoms with Crippen LogP contribution < -0.4 is 14.2 Å². The highest BCUT2D eigenvalue weighted by atomic mass is 35.5. The van der Waals surface area contributed by atoms with Crippen molar-refractivity contribution in [3.63, 3.8) is 0 Å². The number of benzene rings is 3. The first-order valence-electron chi connectivity index (χ1n) is 10.9. The van der Waals surface area contributed by atoms with Gasteiger partial charge in [-0.3, -0.25) is 0 Å². The highest BCUT2D eigenvalue weighted by Crippen LogP contribution is 2.29. The quantitative estimate of drug-likeness (QED) is 0.189. The van der Waals surface area contributed by atoms with Crippen LogP contribution in [0.25, 0.3) is 11.0 Å². The van der Waals surface area contributed by atoms with Crippen LogP contribution in [-0.4, -0.2) is 23.3 Å². The smallest absolute Gasteiger partial charge is 0.161 e. The second-order valence-electron chi connectivity index (χ2n) is 7.57. The van der Waals surface area contributed by atoms with Crippen LogP contribution in [0.2, 0.25) is 5.02 Å². The fourth-order valence-electron chi connectivity index (χ4n) is 3.72. The lowest BCUT2D eigenvalue weighted by Crippen LogP contribution is -2.10. The lowest BCUT2D eigenvalue weighted by atomic mass is 10.1. The van der Waals surface area contributed by atoms with Gasteiger partial charge in [-0.15, -0.1) is 6.58 Å². The normalized spacial score (nSPS) is 10.8. The zero-order valence-corrected chi connectivity index (χ0v) is 19.4. The van der Waals surface area contributed by atoms with Crippen molar-refractivity contribution in [3.8, 4) is 17.2 Å². The molecule has 1 heterocycles. The number of aromatic nitrogens is 2. The maximum atomic E-state index is 6.24. The molecule has 4 rings (SSSR count). The average Bonchev–Trinajstić information content (AvgIpc) is 3.19. The van der Waals surface area contributed by atoms with Gasteiger partial charge in [-0.2, -0.15) is 0 Å². The second kappa shape index (κ2) is 10.9. The van der Waals surface area contributed by atoms with Crippen LogP contribution in [0, 0.1) is 0 Å². The number of nitrogens with zero attached hydrogens (tertiary/aromatic N) is 2. The Kier molecular flexibility index (Phi) is 7.53. The number of allylic oxidation sites excluding steroid dienone is 1. The molecule has 0 N–H and O–H groups in total. The van der Waals surface area contributed by atoms with Gasteiger partial charge in [0.2, 0.25) is 0 Å². The van der Waals surface area contributed by atoms with Gasteiger partial charge in [-0.25, -0.2) is 4.98 Å². The number of methoxy groups -OCH3 is 1. The summed E-state index contributed by atoms with van der Waals surface area (Å²) in [6.45, 7) is 5.42. The molecule has 6 heteroatoms. The van der Waals surface area contributed by atoms with Crippen molar-refractivity contribution >= 4 is 22.6 Å². The Balaban J connectivity index is 1.43. The minimum absolute atomic E-state index is 0.331. The summed E-state index contributed by atoms with van der Waals surface area (Å²) in [7, 11) is 1.66. The molecule has 0 spiro atoms. The molecule has 5 nitrogen and oxygen atoms in total. The van der Waals surface area contributed by atoms with Crippen molar-refractivity contribution in [3.05, 3.63) is 95.8 Å². The molecule has 0 fully saturated rings. The Labute approximate surface area is 199 Å². The molecule has 0 atom stereocenters. The molecule has 4 aromatic rings. The number of aryl methyl sites for hydroxylation is 1. The molecule has 3 aromatic carbocycles. The first-order chi connectivity index (χ1) is 16.2. The van der Waals surface area contributed by atoms with Crippen LogP contribution in [0.4, 0.5) is 0 Å². The number of para-hydroxylation sites is 3. The van der Waals surface area contributed by atoms with E-state index >= 15 is 0 Å². The minimum atomic E-state index is 0.331. The van der Waals surface area contributed by atoms with Crippen LogP contribution in [0.5, 0.6) is 17.2 Å². The van der Waals surface area contributed by atoms with Gasteiger partial charge in [-0.05, 0) is 54.8 Å². The van der Waals surface area contributed by atoms with E-state index in [2.05, 4.69) is 17.2 Å². The number of hydrogen-bond acceptors (Lipinski definition) is 4. The SMILES string of the molecule is C=CCc1ccc(OCCCn2c(COc3ccccc3Cl)nc3ccccc32)c(OC)c1. The maximum Gasteiger partial charge on any atom is 0.161 e. The van der Waals surface area contributed by atoms with Crippen molar-refractivity contribution in [1.29, 1.82) is 0 Å². The molecule has 170 valence electrons. The molecule has 33 heavy (non-hydrogen) atoms. The van der Waals surface area contributed by atoms with Gasteiger partial charge in [0, 0.05) is 6.54 Å². The Hall–Kier alpha value is -3.44. The van der Waals surface area contributed by atoms with E-state index < -0.39 is 0 Å². The van der Waals surface area contributed by atoms with Gasteiger partial charge >= 0.3 is 0 Å². The molecule has 0 saturated heterocycles. The minimum Gasteiger partial charge on any atom is -0.493 e. The zero-order valence-electron chi connectivity index (χ0n) is 18.7. The topological polar surface area (TPSA) is 45.5 Å². The van der Waals surface area contributed by atoms with Gasteiger partial charge in [0.25, 0.3) is 0 Å². The number of rotatable bonds is 11. The number of fused-ring (bicyclic) bond motifs is 1. The first kappa shape index (κ1) is 22.7. The third-order valence-corrected chi connectivity index (χ3v) is 5.63. The monoisotopic (exact) mass is 462 g/mol. The lowest BCUT2D eigenvalue weighted by Gasteiger charge is -2.14. The number of halogens is 1. The summed E-state index contributed by atoms with van der Waals surface area (Å²) < 4.78 is 19.7. The number of imidazole rings is 1. The Morgan fingerprint density at radius 2 is 1.79 bits per heavy atom. The molecule has 0 aliphatic rings. The summed E-state index contributed by atoms with van der Waals surface area (Å²) in [5, 5.41) is 0.585. The summed E-state index contributed by atoms with van der Waals surface area (Å²) in [5.74, 6) is 2.97. The van der Waals surface area contributed by atoms with Crippen LogP contribution in [0.15, 0.2) is 79.4 Å². The van der Waals surface area contributed by atoms with Crippen molar-refractivity contribution < 1.29 is 14.2 Å². The van der Waals surface area contributed by atoms with E-state index in [4.69, 9.17) is 30.8 Å². The summed E-state index contributed by atoms with van der Waals surface area (Å²) in [6.07, 6.45) is 3.47. The largest absolute Gasteiger partial charge is 0.493 e. The lowest BCUT2D eigenvalue weighted by molar-refractivity contribution is 0.273. The van der Waals surface area contributed by atoms with Crippen molar-refractivity contribution in [1.82, 2.24) is 9.55 Å². The van der Waals surface area contributed by atoms with Crippen molar-refractivity contribution in [2.45, 2.75) is 26.0 Å². The fourth-order valence-corrected chi connectivity index (χ4v) is 3.91. The number of hydrogen-bond donors (Lipinski definition) is 0. The van der Waals surface area contributed by atoms with E-state index in [0.29, 0.717) is 24.0 Å². The third-order valence-electron chi connectivity index (χ3n) is 5.32. The van der Waals surface area contributed by atoms with E-state index in [9.17, 15) is 0 Å². The van der Waals surface area contributed by atoms with Gasteiger partial charge < -0.3 is 18.8 Å². The summed E-state index contributed by atoms with van der Waals surface area (Å²) in [4.78, 5) is 4.77. The highest BCUT2D eigenvalue weighted by molar-refractivity contribution is 6.32. The molecule has 0 amide bonds. The molecule has 0 aliphatic carbocycles. The summed E-state index contributed by atoms with van der Waals surface area (Å²) >= 11 is 6.24.